The molecule has 28 heavy (non-hydrogen) atoms. The van der Waals surface area contributed by atoms with E-state index >= 15 is 0 Å². The van der Waals surface area contributed by atoms with Crippen LogP contribution in [0.5, 0.6) is 0 Å². The number of carbonyl (C=O) groups is 2. The third-order valence-electron chi connectivity index (χ3n) is 4.36. The fraction of sp³-hybridized carbons (Fsp3) is 0.300. The van der Waals surface area contributed by atoms with Crippen LogP contribution in [-0.2, 0) is 22.6 Å². The fourth-order valence-corrected chi connectivity index (χ4v) is 3.73. The highest BCUT2D eigenvalue weighted by atomic mass is 35.5. The Balaban J connectivity index is 2.37. The quantitative estimate of drug-likeness (QED) is 0.600. The van der Waals surface area contributed by atoms with Gasteiger partial charge in [-0.25, -0.2) is 0 Å². The summed E-state index contributed by atoms with van der Waals surface area (Å²) in [6.07, 6.45) is 0.427. The molecule has 2 rings (SSSR count). The van der Waals surface area contributed by atoms with Crippen LogP contribution < -0.4 is 5.32 Å². The van der Waals surface area contributed by atoms with Crippen LogP contribution in [-0.4, -0.2) is 29.8 Å². The summed E-state index contributed by atoms with van der Waals surface area (Å²) >= 11 is 24.5. The molecule has 0 aliphatic rings. The van der Waals surface area contributed by atoms with Gasteiger partial charge in [0.2, 0.25) is 11.8 Å². The highest BCUT2D eigenvalue weighted by molar-refractivity contribution is 6.42. The van der Waals surface area contributed by atoms with Crippen LogP contribution in [0.15, 0.2) is 36.4 Å². The zero-order valence-electron chi connectivity index (χ0n) is 15.4. The summed E-state index contributed by atoms with van der Waals surface area (Å²) < 4.78 is 0. The predicted molar refractivity (Wildman–Crippen MR) is 115 cm³/mol. The summed E-state index contributed by atoms with van der Waals surface area (Å²) in [5.74, 6) is -0.516. The number of benzene rings is 2. The Morgan fingerprint density at radius 2 is 1.64 bits per heavy atom. The van der Waals surface area contributed by atoms with E-state index in [-0.39, 0.29) is 24.8 Å². The third kappa shape index (κ3) is 5.54. The number of amides is 2. The lowest BCUT2D eigenvalue weighted by Gasteiger charge is -2.30. The van der Waals surface area contributed by atoms with Crippen molar-refractivity contribution in [1.82, 2.24) is 10.2 Å². The first kappa shape index (κ1) is 22.8. The molecular weight excluding hydrogens is 442 g/mol. The van der Waals surface area contributed by atoms with Gasteiger partial charge < -0.3 is 10.2 Å². The van der Waals surface area contributed by atoms with Gasteiger partial charge in [-0.1, -0.05) is 65.5 Å². The van der Waals surface area contributed by atoms with Crippen LogP contribution in [0.1, 0.15) is 24.5 Å². The van der Waals surface area contributed by atoms with E-state index in [1.54, 1.807) is 36.4 Å². The molecule has 0 saturated carbocycles. The zero-order valence-corrected chi connectivity index (χ0v) is 18.5. The molecule has 0 heterocycles. The maximum atomic E-state index is 13.2. The van der Waals surface area contributed by atoms with E-state index in [2.05, 4.69) is 5.32 Å². The van der Waals surface area contributed by atoms with Gasteiger partial charge in [0.25, 0.3) is 0 Å². The van der Waals surface area contributed by atoms with Gasteiger partial charge in [0, 0.05) is 23.6 Å². The van der Waals surface area contributed by atoms with E-state index in [1.165, 1.54) is 11.9 Å². The van der Waals surface area contributed by atoms with Crippen molar-refractivity contribution in [3.63, 3.8) is 0 Å². The van der Waals surface area contributed by atoms with Crippen molar-refractivity contribution in [3.05, 3.63) is 67.6 Å². The summed E-state index contributed by atoms with van der Waals surface area (Å²) in [6, 6.07) is 9.54. The maximum Gasteiger partial charge on any atom is 0.242 e. The zero-order chi connectivity index (χ0) is 20.8. The van der Waals surface area contributed by atoms with E-state index in [9.17, 15) is 9.59 Å². The lowest BCUT2D eigenvalue weighted by molar-refractivity contribution is -0.140. The Morgan fingerprint density at radius 3 is 2.18 bits per heavy atom. The van der Waals surface area contributed by atoms with Gasteiger partial charge >= 0.3 is 0 Å². The van der Waals surface area contributed by atoms with E-state index in [0.29, 0.717) is 32.1 Å². The molecule has 1 unspecified atom stereocenters. The Bertz CT molecular complexity index is 853. The van der Waals surface area contributed by atoms with E-state index < -0.39 is 6.04 Å². The van der Waals surface area contributed by atoms with Crippen molar-refractivity contribution >= 4 is 58.2 Å². The average Bonchev–Trinajstić information content (AvgIpc) is 2.67. The molecule has 1 atom stereocenters. The number of likely N-dealkylation sites (N-methyl/N-ethyl adjacent to an activating group) is 1. The minimum atomic E-state index is -0.645. The van der Waals surface area contributed by atoms with Crippen LogP contribution in [0.25, 0.3) is 0 Å². The summed E-state index contributed by atoms with van der Waals surface area (Å²) in [4.78, 5) is 27.1. The number of hydrogen-bond donors (Lipinski definition) is 1. The van der Waals surface area contributed by atoms with Gasteiger partial charge in [-0.3, -0.25) is 9.59 Å². The van der Waals surface area contributed by atoms with Crippen LogP contribution in [0, 0.1) is 0 Å². The second-order valence-corrected chi connectivity index (χ2v) is 7.81. The molecular formula is C20H20Cl4N2O2. The second-order valence-electron chi connectivity index (χ2n) is 6.19. The van der Waals surface area contributed by atoms with E-state index in [1.807, 2.05) is 6.92 Å². The number of hydrogen-bond acceptors (Lipinski definition) is 2. The minimum absolute atomic E-state index is 0.0205. The smallest absolute Gasteiger partial charge is 0.242 e. The fourth-order valence-electron chi connectivity index (χ4n) is 2.87. The molecule has 2 aromatic carbocycles. The van der Waals surface area contributed by atoms with Crippen molar-refractivity contribution in [3.8, 4) is 0 Å². The molecule has 8 heteroatoms. The number of rotatable bonds is 7. The van der Waals surface area contributed by atoms with Gasteiger partial charge in [-0.05, 0) is 41.8 Å². The van der Waals surface area contributed by atoms with Crippen LogP contribution >= 0.6 is 46.4 Å². The Kier molecular flexibility index (Phi) is 8.44. The molecule has 1 N–H and O–H groups in total. The summed E-state index contributed by atoms with van der Waals surface area (Å²) in [5, 5.41) is 4.23. The highest BCUT2D eigenvalue weighted by Gasteiger charge is 2.29. The lowest BCUT2D eigenvalue weighted by Crippen LogP contribution is -2.48. The molecule has 150 valence electrons. The molecule has 0 spiro atoms. The Morgan fingerprint density at radius 1 is 1.00 bits per heavy atom. The topological polar surface area (TPSA) is 49.4 Å². The largest absolute Gasteiger partial charge is 0.357 e. The van der Waals surface area contributed by atoms with Gasteiger partial charge in [0.15, 0.2) is 0 Å². The molecule has 0 radical (unpaired) electrons. The maximum absolute atomic E-state index is 13.2. The van der Waals surface area contributed by atoms with Gasteiger partial charge in [-0.15, -0.1) is 0 Å². The summed E-state index contributed by atoms with van der Waals surface area (Å²) in [7, 11) is 1.54. The van der Waals surface area contributed by atoms with Gasteiger partial charge in [0.1, 0.15) is 6.04 Å². The third-order valence-corrected chi connectivity index (χ3v) is 5.81. The number of nitrogens with zero attached hydrogens (tertiary/aromatic N) is 1. The molecule has 0 bridgehead atoms. The molecule has 0 aromatic heterocycles. The Labute approximate surface area is 184 Å². The molecule has 0 aliphatic carbocycles. The second kappa shape index (κ2) is 10.4. The van der Waals surface area contributed by atoms with Gasteiger partial charge in [0.05, 0.1) is 16.5 Å². The highest BCUT2D eigenvalue weighted by Crippen LogP contribution is 2.27. The molecule has 2 amide bonds. The SMILES string of the molecule is CCC(C(=O)NC)N(Cc1ccc(Cl)c(Cl)c1)C(=O)Cc1c(Cl)cccc1Cl. The van der Waals surface area contributed by atoms with Crippen LogP contribution in [0.3, 0.4) is 0 Å². The molecule has 0 fully saturated rings. The molecule has 4 nitrogen and oxygen atoms in total. The van der Waals surface area contributed by atoms with Crippen LogP contribution in [0.2, 0.25) is 20.1 Å². The van der Waals surface area contributed by atoms with Crippen molar-refractivity contribution in [2.24, 2.45) is 0 Å². The normalized spacial score (nSPS) is 11.8. The van der Waals surface area contributed by atoms with Crippen LogP contribution in [0.4, 0.5) is 0 Å². The average molecular weight is 462 g/mol. The summed E-state index contributed by atoms with van der Waals surface area (Å²) in [5.41, 5.74) is 1.29. The van der Waals surface area contributed by atoms with Crippen molar-refractivity contribution < 1.29 is 9.59 Å². The number of halogens is 4. The van der Waals surface area contributed by atoms with E-state index in [0.717, 1.165) is 5.56 Å². The molecule has 0 saturated heterocycles. The van der Waals surface area contributed by atoms with Crippen molar-refractivity contribution in [2.45, 2.75) is 32.4 Å². The van der Waals surface area contributed by atoms with Crippen molar-refractivity contribution in [2.75, 3.05) is 7.05 Å². The number of carbonyl (C=O) groups excluding carboxylic acids is 2. The predicted octanol–water partition coefficient (Wildman–Crippen LogP) is 5.40. The van der Waals surface area contributed by atoms with E-state index in [4.69, 9.17) is 46.4 Å². The first-order valence-electron chi connectivity index (χ1n) is 8.66. The summed E-state index contributed by atoms with van der Waals surface area (Å²) in [6.45, 7) is 2.04. The van der Waals surface area contributed by atoms with Crippen molar-refractivity contribution in [1.29, 1.82) is 0 Å². The standard InChI is InChI=1S/C20H20Cl4N2O2/c1-3-18(20(28)25-2)26(11-12-7-8-16(23)17(24)9-12)19(27)10-13-14(21)5-4-6-15(13)22/h4-9,18H,3,10-11H2,1-2H3,(H,25,28). The minimum Gasteiger partial charge on any atom is -0.357 e. The molecule has 2 aromatic rings. The monoisotopic (exact) mass is 460 g/mol. The number of nitrogens with one attached hydrogen (secondary N) is 1. The lowest BCUT2D eigenvalue weighted by atomic mass is 10.1. The Hall–Kier alpha value is -1.46. The van der Waals surface area contributed by atoms with Gasteiger partial charge in [-0.2, -0.15) is 0 Å². The first-order valence-corrected chi connectivity index (χ1v) is 10.2. The molecule has 0 aliphatic heterocycles. The first-order chi connectivity index (χ1) is 13.3.